The van der Waals surface area contributed by atoms with Crippen LogP contribution in [0.15, 0.2) is 24.8 Å². The van der Waals surface area contributed by atoms with E-state index in [0.29, 0.717) is 16.6 Å². The summed E-state index contributed by atoms with van der Waals surface area (Å²) < 4.78 is 1.99. The van der Waals surface area contributed by atoms with Gasteiger partial charge in [0.1, 0.15) is 11.8 Å². The number of halogens is 1. The first-order valence-electron chi connectivity index (χ1n) is 5.90. The topological polar surface area (TPSA) is 63.8 Å². The van der Waals surface area contributed by atoms with Gasteiger partial charge in [-0.05, 0) is 18.8 Å². The lowest BCUT2D eigenvalue weighted by Crippen LogP contribution is -2.17. The smallest absolute Gasteiger partial charge is 0.165 e. The summed E-state index contributed by atoms with van der Waals surface area (Å²) in [5.74, 6) is 0.301. The number of aromatic nitrogens is 4. The van der Waals surface area contributed by atoms with Crippen molar-refractivity contribution in [1.29, 1.82) is 0 Å². The van der Waals surface area contributed by atoms with Gasteiger partial charge in [-0.3, -0.25) is 0 Å². The maximum atomic E-state index is 9.26. The minimum Gasteiger partial charge on any atom is -0.396 e. The van der Waals surface area contributed by atoms with Crippen LogP contribution in [0, 0.1) is 5.92 Å². The molecule has 0 saturated carbocycles. The number of hydrogen-bond donors (Lipinski definition) is 1. The SMILES string of the molecule is OCC1CC=CC(n2cnc3c(Cl)ncnc32)C1. The standard InChI is InChI=1S/C12H13ClN4O/c13-11-10-12(15-6-14-11)17(7-16-10)9-3-1-2-8(4-9)5-18/h1,3,6-9,18H,2,4-5H2. The lowest BCUT2D eigenvalue weighted by atomic mass is 9.91. The third-order valence-corrected chi connectivity index (χ3v) is 3.61. The zero-order valence-electron chi connectivity index (χ0n) is 9.70. The van der Waals surface area contributed by atoms with Crippen molar-refractivity contribution in [1.82, 2.24) is 19.5 Å². The number of nitrogens with zero attached hydrogens (tertiary/aromatic N) is 4. The molecule has 1 aliphatic carbocycles. The number of hydrogen-bond acceptors (Lipinski definition) is 4. The second kappa shape index (κ2) is 4.66. The number of rotatable bonds is 2. The maximum Gasteiger partial charge on any atom is 0.165 e. The van der Waals surface area contributed by atoms with Crippen molar-refractivity contribution >= 4 is 22.8 Å². The molecule has 0 saturated heterocycles. The molecule has 2 aromatic heterocycles. The molecule has 18 heavy (non-hydrogen) atoms. The highest BCUT2D eigenvalue weighted by Crippen LogP contribution is 2.29. The molecule has 6 heteroatoms. The summed E-state index contributed by atoms with van der Waals surface area (Å²) in [6.07, 6.45) is 9.22. The van der Waals surface area contributed by atoms with Crippen molar-refractivity contribution in [2.24, 2.45) is 5.92 Å². The van der Waals surface area contributed by atoms with Gasteiger partial charge < -0.3 is 9.67 Å². The van der Waals surface area contributed by atoms with Gasteiger partial charge in [-0.2, -0.15) is 0 Å². The Morgan fingerprint density at radius 1 is 1.39 bits per heavy atom. The van der Waals surface area contributed by atoms with Gasteiger partial charge in [0.2, 0.25) is 0 Å². The summed E-state index contributed by atoms with van der Waals surface area (Å²) in [6.45, 7) is 0.212. The highest BCUT2D eigenvalue weighted by Gasteiger charge is 2.21. The molecule has 0 radical (unpaired) electrons. The number of allylic oxidation sites excluding steroid dienone is 2. The van der Waals surface area contributed by atoms with Crippen LogP contribution in [0.2, 0.25) is 5.15 Å². The Hall–Kier alpha value is -1.46. The van der Waals surface area contributed by atoms with Crippen LogP contribution in [0.25, 0.3) is 11.2 Å². The van der Waals surface area contributed by atoms with Gasteiger partial charge in [0, 0.05) is 6.61 Å². The predicted molar refractivity (Wildman–Crippen MR) is 68.3 cm³/mol. The molecule has 1 N–H and O–H groups in total. The zero-order valence-corrected chi connectivity index (χ0v) is 10.5. The minimum atomic E-state index is 0.173. The van der Waals surface area contributed by atoms with Crippen molar-refractivity contribution in [3.63, 3.8) is 0 Å². The van der Waals surface area contributed by atoms with Gasteiger partial charge in [0.25, 0.3) is 0 Å². The molecule has 3 rings (SSSR count). The van der Waals surface area contributed by atoms with Crippen molar-refractivity contribution < 1.29 is 5.11 Å². The Kier molecular flexibility index (Phi) is 3.01. The second-order valence-corrected chi connectivity index (χ2v) is 4.86. The highest BCUT2D eigenvalue weighted by molar-refractivity contribution is 6.33. The number of fused-ring (bicyclic) bond motifs is 1. The fourth-order valence-corrected chi connectivity index (χ4v) is 2.54. The van der Waals surface area contributed by atoms with E-state index in [0.717, 1.165) is 18.5 Å². The molecule has 0 aliphatic heterocycles. The Bertz CT molecular complexity index is 595. The molecule has 5 nitrogen and oxygen atoms in total. The normalized spacial score (nSPS) is 23.7. The van der Waals surface area contributed by atoms with E-state index in [1.54, 1.807) is 6.33 Å². The predicted octanol–water partition coefficient (Wildman–Crippen LogP) is 1.98. The summed E-state index contributed by atoms with van der Waals surface area (Å²) >= 11 is 5.98. The molecule has 0 aromatic carbocycles. The fraction of sp³-hybridized carbons (Fsp3) is 0.417. The summed E-state index contributed by atoms with van der Waals surface area (Å²) in [6, 6.07) is 0.173. The van der Waals surface area contributed by atoms with Gasteiger partial charge >= 0.3 is 0 Å². The third kappa shape index (κ3) is 1.89. The Balaban J connectivity index is 2.02. The largest absolute Gasteiger partial charge is 0.396 e. The Labute approximate surface area is 109 Å². The molecule has 0 spiro atoms. The first kappa shape index (κ1) is 11.6. The zero-order chi connectivity index (χ0) is 12.5. The van der Waals surface area contributed by atoms with E-state index >= 15 is 0 Å². The molecule has 2 unspecified atom stereocenters. The van der Waals surface area contributed by atoms with Crippen molar-refractivity contribution in [2.45, 2.75) is 18.9 Å². The molecule has 2 atom stereocenters. The molecular weight excluding hydrogens is 252 g/mol. The molecular formula is C12H13ClN4O. The quantitative estimate of drug-likeness (QED) is 0.665. The van der Waals surface area contributed by atoms with E-state index in [-0.39, 0.29) is 12.6 Å². The molecule has 2 aromatic rings. The van der Waals surface area contributed by atoms with E-state index in [2.05, 4.69) is 27.1 Å². The lowest BCUT2D eigenvalue weighted by Gasteiger charge is -2.24. The summed E-state index contributed by atoms with van der Waals surface area (Å²) in [7, 11) is 0. The van der Waals surface area contributed by atoms with E-state index < -0.39 is 0 Å². The van der Waals surface area contributed by atoms with Crippen LogP contribution in [0.3, 0.4) is 0 Å². The Morgan fingerprint density at radius 3 is 3.11 bits per heavy atom. The summed E-state index contributed by atoms with van der Waals surface area (Å²) in [5, 5.41) is 9.63. The van der Waals surface area contributed by atoms with Crippen LogP contribution in [0.5, 0.6) is 0 Å². The van der Waals surface area contributed by atoms with E-state index in [1.807, 2.05) is 4.57 Å². The third-order valence-electron chi connectivity index (χ3n) is 3.33. The monoisotopic (exact) mass is 264 g/mol. The second-order valence-electron chi connectivity index (χ2n) is 4.50. The average Bonchev–Trinajstić information content (AvgIpc) is 2.84. The summed E-state index contributed by atoms with van der Waals surface area (Å²) in [4.78, 5) is 12.4. The molecule has 94 valence electrons. The Morgan fingerprint density at radius 2 is 2.28 bits per heavy atom. The average molecular weight is 265 g/mol. The van der Waals surface area contributed by atoms with Gasteiger partial charge in [-0.25, -0.2) is 15.0 Å². The molecule has 0 amide bonds. The van der Waals surface area contributed by atoms with Gasteiger partial charge in [0.05, 0.1) is 12.4 Å². The van der Waals surface area contributed by atoms with E-state index in [9.17, 15) is 5.11 Å². The van der Waals surface area contributed by atoms with Crippen LogP contribution in [-0.2, 0) is 0 Å². The lowest BCUT2D eigenvalue weighted by molar-refractivity contribution is 0.204. The van der Waals surface area contributed by atoms with Gasteiger partial charge in [-0.1, -0.05) is 23.8 Å². The molecule has 2 heterocycles. The minimum absolute atomic E-state index is 0.173. The number of imidazole rings is 1. The van der Waals surface area contributed by atoms with Crippen molar-refractivity contribution in [2.75, 3.05) is 6.61 Å². The van der Waals surface area contributed by atoms with Crippen LogP contribution >= 0.6 is 11.6 Å². The van der Waals surface area contributed by atoms with Crippen LogP contribution < -0.4 is 0 Å². The van der Waals surface area contributed by atoms with Crippen molar-refractivity contribution in [3.8, 4) is 0 Å². The maximum absolute atomic E-state index is 9.26. The number of aliphatic hydroxyl groups excluding tert-OH is 1. The van der Waals surface area contributed by atoms with Gasteiger partial charge in [0.15, 0.2) is 10.8 Å². The summed E-state index contributed by atoms with van der Waals surface area (Å²) in [5.41, 5.74) is 1.36. The highest BCUT2D eigenvalue weighted by atomic mass is 35.5. The van der Waals surface area contributed by atoms with E-state index in [1.165, 1.54) is 6.33 Å². The fourth-order valence-electron chi connectivity index (χ4n) is 2.37. The van der Waals surface area contributed by atoms with E-state index in [4.69, 9.17) is 11.6 Å². The molecule has 0 bridgehead atoms. The first-order valence-corrected chi connectivity index (χ1v) is 6.28. The first-order chi connectivity index (χ1) is 8.79. The number of aliphatic hydroxyl groups is 1. The molecule has 0 fully saturated rings. The van der Waals surface area contributed by atoms with Crippen molar-refractivity contribution in [3.05, 3.63) is 30.0 Å². The van der Waals surface area contributed by atoms with Crippen LogP contribution in [0.1, 0.15) is 18.9 Å². The molecule has 1 aliphatic rings. The van der Waals surface area contributed by atoms with Crippen LogP contribution in [-0.4, -0.2) is 31.2 Å². The van der Waals surface area contributed by atoms with Gasteiger partial charge in [-0.15, -0.1) is 0 Å². The van der Waals surface area contributed by atoms with Crippen LogP contribution in [0.4, 0.5) is 0 Å².